The summed E-state index contributed by atoms with van der Waals surface area (Å²) < 4.78 is 0. The Bertz CT molecular complexity index is 992. The molecule has 0 unspecified atom stereocenters. The van der Waals surface area contributed by atoms with Gasteiger partial charge in [0.1, 0.15) is 9.88 Å². The third-order valence-electron chi connectivity index (χ3n) is 3.94. The number of nitrogens with zero attached hydrogens (tertiary/aromatic N) is 1. The molecule has 1 heterocycles. The standard InChI is InChI=1S/C22H15NOS/c24-20(17-12-6-2-7-13-17)21-19(16-10-4-1-5-11-16)23-22(25-21)18-14-8-3-9-15-18/h1-15H. The van der Waals surface area contributed by atoms with Crippen molar-refractivity contribution < 1.29 is 4.79 Å². The summed E-state index contributed by atoms with van der Waals surface area (Å²) >= 11 is 1.45. The van der Waals surface area contributed by atoms with Gasteiger partial charge in [-0.15, -0.1) is 11.3 Å². The van der Waals surface area contributed by atoms with Crippen LogP contribution in [0, 0.1) is 0 Å². The van der Waals surface area contributed by atoms with E-state index in [-0.39, 0.29) is 5.78 Å². The van der Waals surface area contributed by atoms with Crippen LogP contribution in [0.3, 0.4) is 0 Å². The normalized spacial score (nSPS) is 10.6. The van der Waals surface area contributed by atoms with Gasteiger partial charge in [0.05, 0.1) is 5.69 Å². The first-order chi connectivity index (χ1) is 12.3. The van der Waals surface area contributed by atoms with E-state index in [1.165, 1.54) is 11.3 Å². The Hall–Kier alpha value is -3.04. The molecule has 0 atom stereocenters. The van der Waals surface area contributed by atoms with Crippen molar-refractivity contribution in [1.29, 1.82) is 0 Å². The number of benzene rings is 3. The molecule has 2 nitrogen and oxygen atoms in total. The van der Waals surface area contributed by atoms with Gasteiger partial charge in [-0.05, 0) is 0 Å². The smallest absolute Gasteiger partial charge is 0.205 e. The molecule has 0 bridgehead atoms. The van der Waals surface area contributed by atoms with Crippen LogP contribution in [0.2, 0.25) is 0 Å². The average Bonchev–Trinajstić information content (AvgIpc) is 3.15. The molecular formula is C22H15NOS. The summed E-state index contributed by atoms with van der Waals surface area (Å²) in [7, 11) is 0. The maximum Gasteiger partial charge on any atom is 0.205 e. The van der Waals surface area contributed by atoms with E-state index in [1.807, 2.05) is 91.0 Å². The lowest BCUT2D eigenvalue weighted by Crippen LogP contribution is -2.00. The van der Waals surface area contributed by atoms with Gasteiger partial charge in [-0.25, -0.2) is 4.98 Å². The molecule has 0 N–H and O–H groups in total. The lowest BCUT2D eigenvalue weighted by Gasteiger charge is -2.02. The van der Waals surface area contributed by atoms with Crippen LogP contribution >= 0.6 is 11.3 Å². The maximum atomic E-state index is 13.1. The Labute approximate surface area is 150 Å². The Kier molecular flexibility index (Phi) is 4.23. The van der Waals surface area contributed by atoms with E-state index in [2.05, 4.69) is 0 Å². The van der Waals surface area contributed by atoms with Gasteiger partial charge in [-0.1, -0.05) is 91.0 Å². The molecule has 0 aliphatic heterocycles. The fourth-order valence-corrected chi connectivity index (χ4v) is 3.75. The van der Waals surface area contributed by atoms with Crippen LogP contribution in [0.1, 0.15) is 15.2 Å². The SMILES string of the molecule is O=C(c1ccccc1)c1sc(-c2ccccc2)nc1-c1ccccc1. The van der Waals surface area contributed by atoms with Gasteiger partial charge in [0.2, 0.25) is 5.78 Å². The van der Waals surface area contributed by atoms with Crippen molar-refractivity contribution >= 4 is 17.1 Å². The van der Waals surface area contributed by atoms with E-state index in [4.69, 9.17) is 4.98 Å². The van der Waals surface area contributed by atoms with E-state index in [0.29, 0.717) is 10.4 Å². The monoisotopic (exact) mass is 341 g/mol. The van der Waals surface area contributed by atoms with Crippen molar-refractivity contribution in [2.75, 3.05) is 0 Å². The Balaban J connectivity index is 1.87. The number of carbonyl (C=O) groups is 1. The first-order valence-corrected chi connectivity index (χ1v) is 8.86. The second-order valence-electron chi connectivity index (χ2n) is 5.62. The van der Waals surface area contributed by atoms with Crippen LogP contribution in [0.5, 0.6) is 0 Å². The molecule has 0 aliphatic rings. The van der Waals surface area contributed by atoms with E-state index >= 15 is 0 Å². The van der Waals surface area contributed by atoms with E-state index in [0.717, 1.165) is 21.8 Å². The summed E-state index contributed by atoms with van der Waals surface area (Å²) in [5, 5.41) is 0.860. The molecule has 0 aliphatic carbocycles. The van der Waals surface area contributed by atoms with Crippen molar-refractivity contribution in [3.63, 3.8) is 0 Å². The molecule has 3 heteroatoms. The van der Waals surface area contributed by atoms with Crippen molar-refractivity contribution in [2.45, 2.75) is 0 Å². The molecular weight excluding hydrogens is 326 g/mol. The molecule has 0 saturated carbocycles. The summed E-state index contributed by atoms with van der Waals surface area (Å²) in [6.45, 7) is 0. The molecule has 3 aromatic carbocycles. The average molecular weight is 341 g/mol. The van der Waals surface area contributed by atoms with Gasteiger partial charge in [-0.3, -0.25) is 4.79 Å². The van der Waals surface area contributed by atoms with Crippen molar-refractivity contribution in [3.05, 3.63) is 101 Å². The lowest BCUT2D eigenvalue weighted by molar-refractivity contribution is 0.104. The number of aromatic nitrogens is 1. The Morgan fingerprint density at radius 2 is 1.20 bits per heavy atom. The quantitative estimate of drug-likeness (QED) is 0.445. The number of ketones is 1. The third-order valence-corrected chi connectivity index (χ3v) is 5.04. The summed E-state index contributed by atoms with van der Waals surface area (Å²) in [5.41, 5.74) is 3.42. The summed E-state index contributed by atoms with van der Waals surface area (Å²) in [6, 6.07) is 29.2. The molecule has 0 spiro atoms. The molecule has 4 aromatic rings. The zero-order valence-corrected chi connectivity index (χ0v) is 14.2. The number of carbonyl (C=O) groups excluding carboxylic acids is 1. The van der Waals surface area contributed by atoms with Crippen molar-refractivity contribution in [1.82, 2.24) is 4.98 Å². The third kappa shape index (κ3) is 3.14. The highest BCUT2D eigenvalue weighted by atomic mass is 32.1. The van der Waals surface area contributed by atoms with Gasteiger partial charge in [0, 0.05) is 16.7 Å². The summed E-state index contributed by atoms with van der Waals surface area (Å²) in [4.78, 5) is 18.5. The number of hydrogen-bond acceptors (Lipinski definition) is 3. The highest BCUT2D eigenvalue weighted by Crippen LogP contribution is 2.35. The minimum Gasteiger partial charge on any atom is -0.288 e. The zero-order valence-electron chi connectivity index (χ0n) is 13.4. The van der Waals surface area contributed by atoms with Gasteiger partial charge < -0.3 is 0 Å². The highest BCUT2D eigenvalue weighted by Gasteiger charge is 2.21. The zero-order chi connectivity index (χ0) is 17.1. The van der Waals surface area contributed by atoms with Crippen molar-refractivity contribution in [3.8, 4) is 21.8 Å². The molecule has 4 rings (SSSR count). The van der Waals surface area contributed by atoms with Gasteiger partial charge in [0.15, 0.2) is 0 Å². The van der Waals surface area contributed by atoms with E-state index in [9.17, 15) is 4.79 Å². The van der Waals surface area contributed by atoms with E-state index in [1.54, 1.807) is 0 Å². The molecule has 1 aromatic heterocycles. The van der Waals surface area contributed by atoms with Gasteiger partial charge >= 0.3 is 0 Å². The predicted molar refractivity (Wildman–Crippen MR) is 103 cm³/mol. The summed E-state index contributed by atoms with van der Waals surface area (Å²) in [6.07, 6.45) is 0. The predicted octanol–water partition coefficient (Wildman–Crippen LogP) is 5.71. The second-order valence-corrected chi connectivity index (χ2v) is 6.62. The molecule has 25 heavy (non-hydrogen) atoms. The number of rotatable bonds is 4. The first-order valence-electron chi connectivity index (χ1n) is 8.04. The first kappa shape index (κ1) is 15.5. The molecule has 120 valence electrons. The fraction of sp³-hybridized carbons (Fsp3) is 0. The minimum atomic E-state index is 0.0131. The van der Waals surface area contributed by atoms with Crippen LogP contribution in [-0.2, 0) is 0 Å². The van der Waals surface area contributed by atoms with Crippen LogP contribution < -0.4 is 0 Å². The molecule has 0 amide bonds. The van der Waals surface area contributed by atoms with Crippen LogP contribution in [0.15, 0.2) is 91.0 Å². The van der Waals surface area contributed by atoms with Crippen LogP contribution in [0.25, 0.3) is 21.8 Å². The largest absolute Gasteiger partial charge is 0.288 e. The Morgan fingerprint density at radius 1 is 0.680 bits per heavy atom. The maximum absolute atomic E-state index is 13.1. The molecule has 0 fully saturated rings. The van der Waals surface area contributed by atoms with Crippen LogP contribution in [0.4, 0.5) is 0 Å². The highest BCUT2D eigenvalue weighted by molar-refractivity contribution is 7.17. The van der Waals surface area contributed by atoms with E-state index < -0.39 is 0 Å². The molecule has 0 radical (unpaired) electrons. The fourth-order valence-electron chi connectivity index (χ4n) is 2.69. The Morgan fingerprint density at radius 3 is 1.80 bits per heavy atom. The molecule has 0 saturated heterocycles. The topological polar surface area (TPSA) is 30.0 Å². The number of hydrogen-bond donors (Lipinski definition) is 0. The van der Waals surface area contributed by atoms with Gasteiger partial charge in [-0.2, -0.15) is 0 Å². The summed E-state index contributed by atoms with van der Waals surface area (Å²) in [5.74, 6) is 0.0131. The second kappa shape index (κ2) is 6.83. The van der Waals surface area contributed by atoms with Gasteiger partial charge in [0.25, 0.3) is 0 Å². The lowest BCUT2D eigenvalue weighted by atomic mass is 10.1. The van der Waals surface area contributed by atoms with Crippen LogP contribution in [-0.4, -0.2) is 10.8 Å². The minimum absolute atomic E-state index is 0.0131. The van der Waals surface area contributed by atoms with Crippen molar-refractivity contribution in [2.24, 2.45) is 0 Å². The number of thiazole rings is 1.